The number of nitrogens with zero attached hydrogens (tertiary/aromatic N) is 2. The van der Waals surface area contributed by atoms with Crippen LogP contribution < -0.4 is 5.32 Å². The highest BCUT2D eigenvalue weighted by Crippen LogP contribution is 2.07. The van der Waals surface area contributed by atoms with Gasteiger partial charge < -0.3 is 19.3 Å². The van der Waals surface area contributed by atoms with E-state index in [9.17, 15) is 0 Å². The molecule has 6 nitrogen and oxygen atoms in total. The minimum absolute atomic E-state index is 0.401. The third kappa shape index (κ3) is 4.07. The molecule has 6 heteroatoms. The molecular formula is C11H19N3O3. The van der Waals surface area contributed by atoms with Crippen molar-refractivity contribution in [3.63, 3.8) is 0 Å². The van der Waals surface area contributed by atoms with Crippen LogP contribution in [0.15, 0.2) is 4.52 Å². The highest BCUT2D eigenvalue weighted by Gasteiger charge is 2.14. The van der Waals surface area contributed by atoms with Gasteiger partial charge in [-0.2, -0.15) is 4.98 Å². The smallest absolute Gasteiger partial charge is 0.240 e. The summed E-state index contributed by atoms with van der Waals surface area (Å²) in [7, 11) is 1.66. The van der Waals surface area contributed by atoms with Crippen LogP contribution in [-0.2, 0) is 22.4 Å². The largest absolute Gasteiger partial charge is 0.384 e. The molecule has 0 saturated carbocycles. The van der Waals surface area contributed by atoms with Gasteiger partial charge in [-0.15, -0.1) is 0 Å². The van der Waals surface area contributed by atoms with Gasteiger partial charge in [0.1, 0.15) is 0 Å². The van der Waals surface area contributed by atoms with E-state index in [4.69, 9.17) is 14.0 Å². The predicted molar refractivity (Wildman–Crippen MR) is 60.6 cm³/mol. The van der Waals surface area contributed by atoms with Crippen LogP contribution in [0.3, 0.4) is 0 Å². The van der Waals surface area contributed by atoms with Gasteiger partial charge in [-0.3, -0.25) is 0 Å². The molecule has 0 spiro atoms. The molecule has 1 atom stereocenters. The Morgan fingerprint density at radius 2 is 2.47 bits per heavy atom. The molecule has 1 aliphatic heterocycles. The van der Waals surface area contributed by atoms with E-state index in [1.54, 1.807) is 7.11 Å². The highest BCUT2D eigenvalue weighted by atomic mass is 16.5. The lowest BCUT2D eigenvalue weighted by Gasteiger charge is -2.22. The molecule has 0 aliphatic carbocycles. The summed E-state index contributed by atoms with van der Waals surface area (Å²) in [5.74, 6) is 1.32. The number of hydrogen-bond acceptors (Lipinski definition) is 6. The van der Waals surface area contributed by atoms with Crippen molar-refractivity contribution in [2.45, 2.75) is 31.8 Å². The van der Waals surface area contributed by atoms with Gasteiger partial charge in [-0.05, 0) is 12.8 Å². The van der Waals surface area contributed by atoms with Crippen molar-refractivity contribution in [2.75, 3.05) is 26.9 Å². The summed E-state index contributed by atoms with van der Waals surface area (Å²) in [5, 5.41) is 7.23. The average molecular weight is 241 g/mol. The molecule has 2 rings (SSSR count). The van der Waals surface area contributed by atoms with Crippen LogP contribution in [0.5, 0.6) is 0 Å². The molecule has 2 heterocycles. The first-order valence-corrected chi connectivity index (χ1v) is 6.00. The minimum atomic E-state index is 0.401. The topological polar surface area (TPSA) is 69.4 Å². The fourth-order valence-corrected chi connectivity index (χ4v) is 1.79. The molecule has 1 saturated heterocycles. The Bertz CT molecular complexity index is 324. The molecule has 17 heavy (non-hydrogen) atoms. The first-order valence-electron chi connectivity index (χ1n) is 6.00. The molecular weight excluding hydrogens is 222 g/mol. The summed E-state index contributed by atoms with van der Waals surface area (Å²) < 4.78 is 15.5. The fourth-order valence-electron chi connectivity index (χ4n) is 1.79. The highest BCUT2D eigenvalue weighted by molar-refractivity contribution is 4.87. The van der Waals surface area contributed by atoms with E-state index in [1.165, 1.54) is 0 Å². The van der Waals surface area contributed by atoms with Crippen LogP contribution in [-0.4, -0.2) is 43.1 Å². The predicted octanol–water partition coefficient (Wildman–Crippen LogP) is 0.527. The molecule has 0 radical (unpaired) electrons. The second-order valence-corrected chi connectivity index (χ2v) is 4.14. The van der Waals surface area contributed by atoms with Crippen LogP contribution in [0.1, 0.15) is 24.6 Å². The summed E-state index contributed by atoms with van der Waals surface area (Å²) in [6, 6.07) is 0.401. The standard InChI is InChI=1S/C11H19N3O3/c1-15-6-4-10-13-11(17-14-10)7-12-9-3-2-5-16-8-9/h9,12H,2-8H2,1H3. The van der Waals surface area contributed by atoms with Gasteiger partial charge >= 0.3 is 0 Å². The van der Waals surface area contributed by atoms with Crippen molar-refractivity contribution < 1.29 is 14.0 Å². The van der Waals surface area contributed by atoms with E-state index < -0.39 is 0 Å². The Morgan fingerprint density at radius 3 is 3.24 bits per heavy atom. The van der Waals surface area contributed by atoms with E-state index in [0.29, 0.717) is 37.3 Å². The second-order valence-electron chi connectivity index (χ2n) is 4.14. The quantitative estimate of drug-likeness (QED) is 0.783. The SMILES string of the molecule is COCCc1noc(CNC2CCCOC2)n1. The van der Waals surface area contributed by atoms with Gasteiger partial charge in [0.05, 0.1) is 19.8 Å². The van der Waals surface area contributed by atoms with E-state index in [0.717, 1.165) is 26.1 Å². The van der Waals surface area contributed by atoms with Crippen LogP contribution >= 0.6 is 0 Å². The number of nitrogens with one attached hydrogen (secondary N) is 1. The Balaban J connectivity index is 1.72. The summed E-state index contributed by atoms with van der Waals surface area (Å²) in [6.07, 6.45) is 2.94. The van der Waals surface area contributed by atoms with Crippen LogP contribution in [0, 0.1) is 0 Å². The monoisotopic (exact) mass is 241 g/mol. The summed E-state index contributed by atoms with van der Waals surface area (Å²) in [5.41, 5.74) is 0. The first-order chi connectivity index (χ1) is 8.38. The first kappa shape index (κ1) is 12.5. The Morgan fingerprint density at radius 1 is 1.53 bits per heavy atom. The van der Waals surface area contributed by atoms with E-state index in [1.807, 2.05) is 0 Å². The average Bonchev–Trinajstić information content (AvgIpc) is 2.83. The maximum Gasteiger partial charge on any atom is 0.240 e. The Hall–Kier alpha value is -0.980. The van der Waals surface area contributed by atoms with Gasteiger partial charge in [0.25, 0.3) is 0 Å². The van der Waals surface area contributed by atoms with Gasteiger partial charge in [0.2, 0.25) is 5.89 Å². The molecule has 0 amide bonds. The van der Waals surface area contributed by atoms with Gasteiger partial charge in [-0.25, -0.2) is 0 Å². The zero-order chi connectivity index (χ0) is 11.9. The lowest BCUT2D eigenvalue weighted by Crippen LogP contribution is -2.36. The van der Waals surface area contributed by atoms with Crippen molar-refractivity contribution in [3.05, 3.63) is 11.7 Å². The fraction of sp³-hybridized carbons (Fsp3) is 0.818. The zero-order valence-corrected chi connectivity index (χ0v) is 10.1. The molecule has 1 aliphatic rings. The van der Waals surface area contributed by atoms with Crippen LogP contribution in [0.2, 0.25) is 0 Å². The molecule has 1 unspecified atom stereocenters. The third-order valence-electron chi connectivity index (χ3n) is 2.74. The normalized spacial score (nSPS) is 20.6. The van der Waals surface area contributed by atoms with E-state index >= 15 is 0 Å². The molecule has 1 fully saturated rings. The Kier molecular flexibility index (Phi) is 4.90. The van der Waals surface area contributed by atoms with Crippen molar-refractivity contribution in [2.24, 2.45) is 0 Å². The molecule has 1 aromatic rings. The number of hydrogen-bond donors (Lipinski definition) is 1. The zero-order valence-electron chi connectivity index (χ0n) is 10.1. The van der Waals surface area contributed by atoms with Crippen LogP contribution in [0.25, 0.3) is 0 Å². The van der Waals surface area contributed by atoms with Crippen molar-refractivity contribution in [3.8, 4) is 0 Å². The van der Waals surface area contributed by atoms with Gasteiger partial charge in [-0.1, -0.05) is 5.16 Å². The van der Waals surface area contributed by atoms with E-state index in [-0.39, 0.29) is 0 Å². The summed E-state index contributed by atoms with van der Waals surface area (Å²) in [4.78, 5) is 4.27. The molecule has 96 valence electrons. The summed E-state index contributed by atoms with van der Waals surface area (Å²) in [6.45, 7) is 2.86. The number of rotatable bonds is 6. The number of methoxy groups -OCH3 is 1. The summed E-state index contributed by atoms with van der Waals surface area (Å²) >= 11 is 0. The van der Waals surface area contributed by atoms with E-state index in [2.05, 4.69) is 15.5 Å². The molecule has 1 aromatic heterocycles. The Labute approximate surface area is 101 Å². The lowest BCUT2D eigenvalue weighted by atomic mass is 10.1. The molecule has 1 N–H and O–H groups in total. The van der Waals surface area contributed by atoms with Crippen molar-refractivity contribution in [1.29, 1.82) is 0 Å². The molecule has 0 bridgehead atoms. The maximum absolute atomic E-state index is 5.38. The molecule has 0 aromatic carbocycles. The third-order valence-corrected chi connectivity index (χ3v) is 2.74. The minimum Gasteiger partial charge on any atom is -0.384 e. The van der Waals surface area contributed by atoms with Crippen molar-refractivity contribution >= 4 is 0 Å². The lowest BCUT2D eigenvalue weighted by molar-refractivity contribution is 0.0689. The second kappa shape index (κ2) is 6.68. The maximum atomic E-state index is 5.38. The van der Waals surface area contributed by atoms with Gasteiger partial charge in [0, 0.05) is 26.2 Å². The number of aromatic nitrogens is 2. The number of ether oxygens (including phenoxy) is 2. The van der Waals surface area contributed by atoms with Gasteiger partial charge in [0.15, 0.2) is 5.82 Å². The van der Waals surface area contributed by atoms with Crippen molar-refractivity contribution in [1.82, 2.24) is 15.5 Å². The van der Waals surface area contributed by atoms with Crippen LogP contribution in [0.4, 0.5) is 0 Å².